The topological polar surface area (TPSA) is 61.4 Å². The number of rotatable bonds is 2. The molecule has 2 atom stereocenters. The van der Waals surface area contributed by atoms with E-state index in [9.17, 15) is 9.59 Å². The molecule has 6 heteroatoms. The molecule has 1 saturated carbocycles. The molecule has 1 spiro atoms. The molecular formula is C18H24ClN3O2. The predicted molar refractivity (Wildman–Crippen MR) is 93.8 cm³/mol. The van der Waals surface area contributed by atoms with Crippen LogP contribution in [0, 0.1) is 11.3 Å². The normalized spacial score (nSPS) is 28.0. The lowest BCUT2D eigenvalue weighted by Crippen LogP contribution is -2.53. The monoisotopic (exact) mass is 349 g/mol. The Morgan fingerprint density at radius 1 is 1.12 bits per heavy atom. The molecule has 1 aromatic rings. The number of nitrogens with zero attached hydrogens (tertiary/aromatic N) is 1. The highest BCUT2D eigenvalue weighted by atomic mass is 35.5. The summed E-state index contributed by atoms with van der Waals surface area (Å²) in [5.41, 5.74) is 1.11. The van der Waals surface area contributed by atoms with Gasteiger partial charge in [0.15, 0.2) is 0 Å². The molecule has 2 aliphatic heterocycles. The summed E-state index contributed by atoms with van der Waals surface area (Å²) in [5, 5.41) is 6.28. The number of halogens is 1. The summed E-state index contributed by atoms with van der Waals surface area (Å²) in [6.07, 6.45) is 3.16. The standard InChI is InChI=1S/C18H23N3O2.ClH/c22-16-15(13-4-2-1-3-5-13)21(11-10-20-16)17(23)14-12-18(14)6-8-19-9-7-18;/h1-5,14-15,19H,6-12H2,(H,20,22);1H. The van der Waals surface area contributed by atoms with Crippen molar-refractivity contribution in [1.82, 2.24) is 15.5 Å². The van der Waals surface area contributed by atoms with E-state index in [1.54, 1.807) is 0 Å². The third-order valence-electron chi connectivity index (χ3n) is 5.70. The van der Waals surface area contributed by atoms with E-state index in [1.165, 1.54) is 0 Å². The van der Waals surface area contributed by atoms with E-state index in [0.717, 1.165) is 37.9 Å². The van der Waals surface area contributed by atoms with E-state index in [1.807, 2.05) is 35.2 Å². The van der Waals surface area contributed by atoms with Gasteiger partial charge in [0.2, 0.25) is 11.8 Å². The van der Waals surface area contributed by atoms with Gasteiger partial charge in [0.25, 0.3) is 0 Å². The van der Waals surface area contributed by atoms with Gasteiger partial charge in [-0.3, -0.25) is 9.59 Å². The van der Waals surface area contributed by atoms with Gasteiger partial charge in [-0.25, -0.2) is 0 Å². The van der Waals surface area contributed by atoms with Gasteiger partial charge in [0.05, 0.1) is 0 Å². The fraction of sp³-hybridized carbons (Fsp3) is 0.556. The second-order valence-electron chi connectivity index (χ2n) is 7.00. The van der Waals surface area contributed by atoms with E-state index in [2.05, 4.69) is 10.6 Å². The summed E-state index contributed by atoms with van der Waals surface area (Å²) < 4.78 is 0. The molecule has 2 N–H and O–H groups in total. The van der Waals surface area contributed by atoms with Crippen molar-refractivity contribution in [3.8, 4) is 0 Å². The van der Waals surface area contributed by atoms with Crippen LogP contribution in [0.3, 0.4) is 0 Å². The van der Waals surface area contributed by atoms with Gasteiger partial charge in [0, 0.05) is 19.0 Å². The molecule has 0 radical (unpaired) electrons. The zero-order valence-electron chi connectivity index (χ0n) is 13.7. The molecule has 3 fully saturated rings. The van der Waals surface area contributed by atoms with Gasteiger partial charge in [-0.1, -0.05) is 30.3 Å². The van der Waals surface area contributed by atoms with Crippen LogP contribution in [0.2, 0.25) is 0 Å². The molecule has 2 amide bonds. The first-order valence-electron chi connectivity index (χ1n) is 8.55. The first-order valence-corrected chi connectivity index (χ1v) is 8.55. The minimum atomic E-state index is -0.475. The van der Waals surface area contributed by atoms with Gasteiger partial charge < -0.3 is 15.5 Å². The zero-order valence-corrected chi connectivity index (χ0v) is 14.5. The number of hydrogen-bond acceptors (Lipinski definition) is 3. The van der Waals surface area contributed by atoms with Crippen LogP contribution < -0.4 is 10.6 Å². The van der Waals surface area contributed by atoms with Crippen LogP contribution in [-0.4, -0.2) is 42.9 Å². The van der Waals surface area contributed by atoms with E-state index < -0.39 is 6.04 Å². The molecule has 2 unspecified atom stereocenters. The number of carbonyl (C=O) groups is 2. The Bertz CT molecular complexity index is 616. The van der Waals surface area contributed by atoms with Crippen molar-refractivity contribution >= 4 is 24.2 Å². The maximum atomic E-state index is 13.1. The van der Waals surface area contributed by atoms with Crippen LogP contribution in [0.5, 0.6) is 0 Å². The van der Waals surface area contributed by atoms with Crippen molar-refractivity contribution in [2.45, 2.75) is 25.3 Å². The molecule has 0 aromatic heterocycles. The summed E-state index contributed by atoms with van der Waals surface area (Å²) >= 11 is 0. The molecule has 1 aromatic carbocycles. The Labute approximate surface area is 148 Å². The number of amides is 2. The minimum Gasteiger partial charge on any atom is -0.352 e. The highest BCUT2D eigenvalue weighted by molar-refractivity contribution is 5.92. The van der Waals surface area contributed by atoms with Gasteiger partial charge in [0.1, 0.15) is 6.04 Å². The summed E-state index contributed by atoms with van der Waals surface area (Å²) in [4.78, 5) is 27.3. The van der Waals surface area contributed by atoms with E-state index in [0.29, 0.717) is 13.1 Å². The Balaban J connectivity index is 0.00000169. The van der Waals surface area contributed by atoms with Crippen LogP contribution in [0.1, 0.15) is 30.9 Å². The fourth-order valence-electron chi connectivity index (χ4n) is 4.25. The number of nitrogens with one attached hydrogen (secondary N) is 2. The average molecular weight is 350 g/mol. The maximum Gasteiger partial charge on any atom is 0.247 e. The van der Waals surface area contributed by atoms with Crippen molar-refractivity contribution in [1.29, 1.82) is 0 Å². The molecule has 4 rings (SSSR count). The maximum absolute atomic E-state index is 13.1. The summed E-state index contributed by atoms with van der Waals surface area (Å²) in [7, 11) is 0. The Kier molecular flexibility index (Phi) is 4.83. The Hall–Kier alpha value is -1.59. The molecule has 1 aliphatic carbocycles. The van der Waals surface area contributed by atoms with Crippen molar-refractivity contribution < 1.29 is 9.59 Å². The first kappa shape index (κ1) is 17.2. The van der Waals surface area contributed by atoms with Crippen LogP contribution in [0.15, 0.2) is 30.3 Å². The SMILES string of the molecule is Cl.O=C1NCCN(C(=O)C2CC23CCNCC3)C1c1ccccc1. The number of piperazine rings is 1. The molecule has 2 saturated heterocycles. The molecule has 130 valence electrons. The number of piperidine rings is 1. The van der Waals surface area contributed by atoms with Gasteiger partial charge in [-0.2, -0.15) is 0 Å². The second-order valence-corrected chi connectivity index (χ2v) is 7.00. The van der Waals surface area contributed by atoms with Crippen molar-refractivity contribution in [2.24, 2.45) is 11.3 Å². The Morgan fingerprint density at radius 2 is 1.83 bits per heavy atom. The molecule has 0 bridgehead atoms. The number of hydrogen-bond donors (Lipinski definition) is 2. The molecule has 24 heavy (non-hydrogen) atoms. The fourth-order valence-corrected chi connectivity index (χ4v) is 4.25. The third kappa shape index (κ3) is 2.91. The van der Waals surface area contributed by atoms with Crippen LogP contribution in [0.25, 0.3) is 0 Å². The smallest absolute Gasteiger partial charge is 0.247 e. The molecule has 5 nitrogen and oxygen atoms in total. The van der Waals surface area contributed by atoms with Gasteiger partial charge in [-0.15, -0.1) is 12.4 Å². The molecule has 3 aliphatic rings. The molecule has 2 heterocycles. The van der Waals surface area contributed by atoms with Crippen molar-refractivity contribution in [3.05, 3.63) is 35.9 Å². The lowest BCUT2D eigenvalue weighted by Gasteiger charge is -2.36. The average Bonchev–Trinajstić information content (AvgIpc) is 3.28. The summed E-state index contributed by atoms with van der Waals surface area (Å²) in [6.45, 7) is 3.17. The highest BCUT2D eigenvalue weighted by Gasteiger charge is 2.59. The second kappa shape index (κ2) is 6.73. The number of carbonyl (C=O) groups excluding carboxylic acids is 2. The summed E-state index contributed by atoms with van der Waals surface area (Å²) in [5.74, 6) is 0.230. The largest absolute Gasteiger partial charge is 0.352 e. The predicted octanol–water partition coefficient (Wildman–Crippen LogP) is 1.50. The lowest BCUT2D eigenvalue weighted by molar-refractivity contribution is -0.145. The number of benzene rings is 1. The molecular weight excluding hydrogens is 326 g/mol. The van der Waals surface area contributed by atoms with Crippen molar-refractivity contribution in [2.75, 3.05) is 26.2 Å². The van der Waals surface area contributed by atoms with Gasteiger partial charge in [-0.05, 0) is 43.3 Å². The van der Waals surface area contributed by atoms with E-state index in [4.69, 9.17) is 0 Å². The summed E-state index contributed by atoms with van der Waals surface area (Å²) in [6, 6.07) is 9.17. The van der Waals surface area contributed by atoms with Crippen molar-refractivity contribution in [3.63, 3.8) is 0 Å². The van der Waals surface area contributed by atoms with E-state index in [-0.39, 0.29) is 35.6 Å². The van der Waals surface area contributed by atoms with Gasteiger partial charge >= 0.3 is 0 Å². The minimum absolute atomic E-state index is 0. The van der Waals surface area contributed by atoms with Crippen LogP contribution >= 0.6 is 12.4 Å². The Morgan fingerprint density at radius 3 is 2.54 bits per heavy atom. The van der Waals surface area contributed by atoms with Crippen LogP contribution in [-0.2, 0) is 9.59 Å². The first-order chi connectivity index (χ1) is 11.2. The highest BCUT2D eigenvalue weighted by Crippen LogP contribution is 2.59. The quantitative estimate of drug-likeness (QED) is 0.850. The third-order valence-corrected chi connectivity index (χ3v) is 5.70. The van der Waals surface area contributed by atoms with E-state index >= 15 is 0 Å². The van der Waals surface area contributed by atoms with Crippen LogP contribution in [0.4, 0.5) is 0 Å². The lowest BCUT2D eigenvalue weighted by atomic mass is 9.91. The zero-order chi connectivity index (χ0) is 15.9.